The van der Waals surface area contributed by atoms with Crippen LogP contribution < -0.4 is 10.3 Å². The first-order valence-corrected chi connectivity index (χ1v) is 11.6. The molecule has 4 heterocycles. The summed E-state index contributed by atoms with van der Waals surface area (Å²) in [6.45, 7) is 9.71. The Morgan fingerprint density at radius 2 is 1.87 bits per heavy atom. The predicted molar refractivity (Wildman–Crippen MR) is 119 cm³/mol. The molecular weight excluding hydrogens is 374 g/mol. The van der Waals surface area contributed by atoms with E-state index >= 15 is 0 Å². The van der Waals surface area contributed by atoms with Crippen LogP contribution in [0, 0.1) is 5.92 Å². The van der Waals surface area contributed by atoms with Gasteiger partial charge >= 0.3 is 0 Å². The molecule has 0 unspecified atom stereocenters. The van der Waals surface area contributed by atoms with Crippen LogP contribution in [0.1, 0.15) is 48.9 Å². The lowest BCUT2D eigenvalue weighted by molar-refractivity contribution is 0.114. The van der Waals surface area contributed by atoms with Crippen molar-refractivity contribution in [2.75, 3.05) is 32.8 Å². The van der Waals surface area contributed by atoms with Crippen LogP contribution >= 0.6 is 0 Å². The van der Waals surface area contributed by atoms with Crippen LogP contribution in [0.15, 0.2) is 41.2 Å². The zero-order valence-electron chi connectivity index (χ0n) is 18.1. The summed E-state index contributed by atoms with van der Waals surface area (Å²) in [5.41, 5.74) is 3.78. The van der Waals surface area contributed by atoms with E-state index < -0.39 is 0 Å². The third kappa shape index (κ3) is 4.06. The molecule has 0 aliphatic carbocycles. The third-order valence-corrected chi connectivity index (χ3v) is 6.97. The molecule has 30 heavy (non-hydrogen) atoms. The topological polar surface area (TPSA) is 37.7 Å². The summed E-state index contributed by atoms with van der Waals surface area (Å²) < 4.78 is 7.78. The highest BCUT2D eigenvalue weighted by molar-refractivity contribution is 5.29. The van der Waals surface area contributed by atoms with Crippen LogP contribution in [0.5, 0.6) is 5.75 Å². The molecule has 160 valence electrons. The first-order valence-electron chi connectivity index (χ1n) is 11.6. The van der Waals surface area contributed by atoms with Gasteiger partial charge in [-0.25, -0.2) is 0 Å². The second-order valence-corrected chi connectivity index (χ2v) is 9.26. The minimum Gasteiger partial charge on any atom is -0.494 e. The van der Waals surface area contributed by atoms with E-state index in [0.717, 1.165) is 57.1 Å². The highest BCUT2D eigenvalue weighted by Gasteiger charge is 2.35. The van der Waals surface area contributed by atoms with Crippen molar-refractivity contribution in [1.82, 2.24) is 14.4 Å². The number of ether oxygens (including phenoxy) is 1. The van der Waals surface area contributed by atoms with E-state index in [4.69, 9.17) is 4.74 Å². The molecule has 0 spiro atoms. The first-order chi connectivity index (χ1) is 14.7. The van der Waals surface area contributed by atoms with E-state index in [0.29, 0.717) is 18.4 Å². The summed E-state index contributed by atoms with van der Waals surface area (Å²) >= 11 is 0. The molecule has 3 aliphatic rings. The number of pyridine rings is 1. The molecule has 3 aliphatic heterocycles. The molecule has 2 bridgehead atoms. The van der Waals surface area contributed by atoms with Gasteiger partial charge in [0.1, 0.15) is 5.75 Å². The lowest BCUT2D eigenvalue weighted by atomic mass is 9.82. The number of piperidine rings is 1. The molecule has 2 aromatic rings. The van der Waals surface area contributed by atoms with Crippen molar-refractivity contribution >= 4 is 0 Å². The molecule has 0 amide bonds. The van der Waals surface area contributed by atoms with Gasteiger partial charge in [0.15, 0.2) is 0 Å². The maximum atomic E-state index is 13.2. The molecule has 5 heteroatoms. The zero-order chi connectivity index (χ0) is 20.5. The molecule has 0 radical (unpaired) electrons. The van der Waals surface area contributed by atoms with Crippen molar-refractivity contribution in [1.29, 1.82) is 0 Å². The Bertz CT molecular complexity index is 948. The van der Waals surface area contributed by atoms with E-state index in [1.165, 1.54) is 30.5 Å². The Hall–Kier alpha value is -2.11. The monoisotopic (exact) mass is 407 g/mol. The summed E-state index contributed by atoms with van der Waals surface area (Å²) in [6.07, 6.45) is 3.74. The Kier molecular flexibility index (Phi) is 5.66. The first kappa shape index (κ1) is 19.8. The zero-order valence-corrected chi connectivity index (χ0v) is 18.1. The van der Waals surface area contributed by atoms with Crippen LogP contribution in [-0.4, -0.2) is 47.2 Å². The Morgan fingerprint density at radius 1 is 1.00 bits per heavy atom. The van der Waals surface area contributed by atoms with Gasteiger partial charge < -0.3 is 9.30 Å². The second kappa shape index (κ2) is 8.56. The largest absolute Gasteiger partial charge is 0.494 e. The summed E-state index contributed by atoms with van der Waals surface area (Å²) in [7, 11) is 0. The van der Waals surface area contributed by atoms with Gasteiger partial charge in [0.25, 0.3) is 5.56 Å². The van der Waals surface area contributed by atoms with Crippen LogP contribution in [0.3, 0.4) is 0 Å². The van der Waals surface area contributed by atoms with Gasteiger partial charge in [0, 0.05) is 49.9 Å². The number of likely N-dealkylation sites (tertiary alicyclic amines) is 2. The van der Waals surface area contributed by atoms with E-state index in [9.17, 15) is 4.79 Å². The van der Waals surface area contributed by atoms with Gasteiger partial charge in [-0.1, -0.05) is 18.2 Å². The van der Waals surface area contributed by atoms with Crippen molar-refractivity contribution < 1.29 is 4.74 Å². The summed E-state index contributed by atoms with van der Waals surface area (Å²) in [5.74, 6) is 1.97. The van der Waals surface area contributed by atoms with Crippen LogP contribution in [0.25, 0.3) is 0 Å². The van der Waals surface area contributed by atoms with Gasteiger partial charge in [-0.05, 0) is 69.0 Å². The fourth-order valence-electron chi connectivity index (χ4n) is 5.68. The number of fused-ring (bicyclic) bond motifs is 4. The van der Waals surface area contributed by atoms with E-state index in [1.807, 2.05) is 13.0 Å². The quantitative estimate of drug-likeness (QED) is 0.735. The highest BCUT2D eigenvalue weighted by atomic mass is 16.5. The third-order valence-electron chi connectivity index (χ3n) is 6.97. The molecular formula is C25H33N3O2. The summed E-state index contributed by atoms with van der Waals surface area (Å²) in [5, 5.41) is 0. The number of nitrogens with zero attached hydrogens (tertiary/aromatic N) is 3. The SMILES string of the molecule is CCOc1cccc(CN2C[C@@H]3C[C@H](C2)c2ccc(CN4CCCC4)c(=O)n2C3)c1. The smallest absolute Gasteiger partial charge is 0.255 e. The van der Waals surface area contributed by atoms with Gasteiger partial charge in [0.2, 0.25) is 0 Å². The molecule has 0 saturated carbocycles. The minimum absolute atomic E-state index is 0.256. The van der Waals surface area contributed by atoms with Gasteiger partial charge in [-0.15, -0.1) is 0 Å². The predicted octanol–water partition coefficient (Wildman–Crippen LogP) is 3.46. The number of benzene rings is 1. The van der Waals surface area contributed by atoms with Crippen molar-refractivity contribution in [3.63, 3.8) is 0 Å². The average Bonchev–Trinajstić information content (AvgIpc) is 3.24. The molecule has 5 nitrogen and oxygen atoms in total. The molecule has 1 aromatic heterocycles. The van der Waals surface area contributed by atoms with Gasteiger partial charge in [0.05, 0.1) is 6.61 Å². The van der Waals surface area contributed by atoms with E-state index in [1.54, 1.807) is 0 Å². The highest BCUT2D eigenvalue weighted by Crippen LogP contribution is 2.36. The summed E-state index contributed by atoms with van der Waals surface area (Å²) in [6, 6.07) is 12.8. The summed E-state index contributed by atoms with van der Waals surface area (Å²) in [4.78, 5) is 18.2. The lowest BCUT2D eigenvalue weighted by Crippen LogP contribution is -2.47. The molecule has 1 aromatic carbocycles. The maximum absolute atomic E-state index is 13.2. The molecule has 5 rings (SSSR count). The van der Waals surface area contributed by atoms with Crippen LogP contribution in [0.4, 0.5) is 0 Å². The Morgan fingerprint density at radius 3 is 2.70 bits per heavy atom. The van der Waals surface area contributed by atoms with Crippen molar-refractivity contribution in [3.8, 4) is 5.75 Å². The fourth-order valence-corrected chi connectivity index (χ4v) is 5.68. The van der Waals surface area contributed by atoms with Gasteiger partial charge in [-0.2, -0.15) is 0 Å². The number of aromatic nitrogens is 1. The standard InChI is InChI=1S/C25H33N3O2/c1-2-30-23-7-5-6-19(13-23)14-27-15-20-12-22(18-27)24-9-8-21(25(29)28(24)16-20)17-26-10-3-4-11-26/h5-9,13,20,22H,2-4,10-12,14-18H2,1H3/t20-,22+/m0/s1. The van der Waals surface area contributed by atoms with Crippen LogP contribution in [-0.2, 0) is 19.6 Å². The van der Waals surface area contributed by atoms with E-state index in [-0.39, 0.29) is 5.56 Å². The molecule has 0 N–H and O–H groups in total. The molecule has 2 saturated heterocycles. The molecule has 2 atom stereocenters. The number of hydrogen-bond acceptors (Lipinski definition) is 4. The van der Waals surface area contributed by atoms with Crippen LogP contribution in [0.2, 0.25) is 0 Å². The Labute approximate surface area is 179 Å². The van der Waals surface area contributed by atoms with Gasteiger partial charge in [-0.3, -0.25) is 14.6 Å². The Balaban J connectivity index is 1.32. The van der Waals surface area contributed by atoms with Crippen molar-refractivity contribution in [2.45, 2.75) is 51.7 Å². The normalized spacial score (nSPS) is 24.0. The van der Waals surface area contributed by atoms with Crippen molar-refractivity contribution in [3.05, 3.63) is 63.6 Å². The minimum atomic E-state index is 0.256. The number of rotatable bonds is 6. The average molecular weight is 408 g/mol. The fraction of sp³-hybridized carbons (Fsp3) is 0.560. The maximum Gasteiger partial charge on any atom is 0.255 e. The molecule has 2 fully saturated rings. The van der Waals surface area contributed by atoms with Crippen molar-refractivity contribution in [2.24, 2.45) is 5.92 Å². The lowest BCUT2D eigenvalue weighted by Gasteiger charge is -2.43. The van der Waals surface area contributed by atoms with E-state index in [2.05, 4.69) is 44.7 Å². The second-order valence-electron chi connectivity index (χ2n) is 9.26. The number of hydrogen-bond donors (Lipinski definition) is 0.